The molecule has 1 rings (SSSR count). The van der Waals surface area contributed by atoms with Crippen molar-refractivity contribution >= 4 is 39.1 Å². The Morgan fingerprint density at radius 1 is 1.56 bits per heavy atom. The lowest BCUT2D eigenvalue weighted by Gasteiger charge is -2.03. The van der Waals surface area contributed by atoms with Gasteiger partial charge in [-0.15, -0.1) is 0 Å². The van der Waals surface area contributed by atoms with Gasteiger partial charge in [0, 0.05) is 23.5 Å². The number of carbonyl (C=O) groups is 1. The van der Waals surface area contributed by atoms with Gasteiger partial charge in [0.15, 0.2) is 0 Å². The maximum absolute atomic E-state index is 11.5. The number of hydrogen-bond donors (Lipinski definition) is 1. The minimum absolute atomic E-state index is 0.0158. The summed E-state index contributed by atoms with van der Waals surface area (Å²) in [4.78, 5) is 21.5. The zero-order valence-corrected chi connectivity index (χ0v) is 10.4. The van der Waals surface area contributed by atoms with Crippen LogP contribution in [0.4, 0.5) is 5.69 Å². The summed E-state index contributed by atoms with van der Waals surface area (Å²) in [5.41, 5.74) is -0.0507. The summed E-state index contributed by atoms with van der Waals surface area (Å²) in [6.07, 6.45) is 0. The molecule has 0 spiro atoms. The standard InChI is InChI=1S/C9H8BrClN2O3/c10-3-4-12-9(14)6-1-2-7(11)8(5-6)13(15)16/h1-2,5H,3-4H2,(H,12,14). The topological polar surface area (TPSA) is 72.2 Å². The van der Waals surface area contributed by atoms with Gasteiger partial charge in [0.25, 0.3) is 11.6 Å². The molecule has 1 aromatic carbocycles. The second kappa shape index (κ2) is 5.81. The molecule has 1 N–H and O–H groups in total. The van der Waals surface area contributed by atoms with Crippen molar-refractivity contribution < 1.29 is 9.72 Å². The van der Waals surface area contributed by atoms with Gasteiger partial charge in [-0.25, -0.2) is 0 Å². The molecule has 0 saturated carbocycles. The van der Waals surface area contributed by atoms with E-state index in [-0.39, 0.29) is 22.2 Å². The van der Waals surface area contributed by atoms with Crippen LogP contribution in [0.3, 0.4) is 0 Å². The minimum Gasteiger partial charge on any atom is -0.351 e. The lowest BCUT2D eigenvalue weighted by molar-refractivity contribution is -0.384. The number of nitro benzene ring substituents is 1. The van der Waals surface area contributed by atoms with Gasteiger partial charge >= 0.3 is 0 Å². The molecule has 0 atom stereocenters. The smallest absolute Gasteiger partial charge is 0.288 e. The molecule has 86 valence electrons. The van der Waals surface area contributed by atoms with E-state index in [1.807, 2.05) is 0 Å². The van der Waals surface area contributed by atoms with E-state index in [0.717, 1.165) is 6.07 Å². The number of rotatable bonds is 4. The first-order valence-corrected chi connectivity index (χ1v) is 5.84. The number of amides is 1. The highest BCUT2D eigenvalue weighted by Gasteiger charge is 2.15. The number of hydrogen-bond acceptors (Lipinski definition) is 3. The van der Waals surface area contributed by atoms with Gasteiger partial charge in [-0.2, -0.15) is 0 Å². The van der Waals surface area contributed by atoms with Crippen molar-refractivity contribution in [1.82, 2.24) is 5.32 Å². The van der Waals surface area contributed by atoms with Crippen molar-refractivity contribution in [3.8, 4) is 0 Å². The van der Waals surface area contributed by atoms with Crippen LogP contribution in [0.15, 0.2) is 18.2 Å². The molecule has 0 fully saturated rings. The number of carbonyl (C=O) groups excluding carboxylic acids is 1. The number of halogens is 2. The fraction of sp³-hybridized carbons (Fsp3) is 0.222. The van der Waals surface area contributed by atoms with E-state index < -0.39 is 4.92 Å². The Hall–Kier alpha value is -1.14. The quantitative estimate of drug-likeness (QED) is 0.527. The van der Waals surface area contributed by atoms with Gasteiger partial charge in [0.1, 0.15) is 5.02 Å². The largest absolute Gasteiger partial charge is 0.351 e. The van der Waals surface area contributed by atoms with Crippen LogP contribution in [0, 0.1) is 10.1 Å². The van der Waals surface area contributed by atoms with Crippen molar-refractivity contribution in [3.63, 3.8) is 0 Å². The van der Waals surface area contributed by atoms with E-state index in [1.54, 1.807) is 0 Å². The van der Waals surface area contributed by atoms with Crippen molar-refractivity contribution in [3.05, 3.63) is 38.9 Å². The number of nitro groups is 1. The van der Waals surface area contributed by atoms with E-state index in [0.29, 0.717) is 11.9 Å². The highest BCUT2D eigenvalue weighted by molar-refractivity contribution is 9.09. The Morgan fingerprint density at radius 2 is 2.25 bits per heavy atom. The van der Waals surface area contributed by atoms with Crippen LogP contribution in [0.25, 0.3) is 0 Å². The Labute approximate surface area is 105 Å². The zero-order valence-electron chi connectivity index (χ0n) is 8.07. The van der Waals surface area contributed by atoms with Gasteiger partial charge in [-0.05, 0) is 12.1 Å². The SMILES string of the molecule is O=C(NCCBr)c1ccc(Cl)c([N+](=O)[O-])c1. The predicted molar refractivity (Wildman–Crippen MR) is 64.2 cm³/mol. The molecule has 1 aromatic rings. The Balaban J connectivity index is 2.94. The molecule has 0 aliphatic heterocycles. The van der Waals surface area contributed by atoms with Gasteiger partial charge in [0.2, 0.25) is 0 Å². The van der Waals surface area contributed by atoms with Crippen LogP contribution in [-0.2, 0) is 0 Å². The molecule has 0 radical (unpaired) electrons. The average molecular weight is 308 g/mol. The number of benzene rings is 1. The minimum atomic E-state index is -0.621. The van der Waals surface area contributed by atoms with Crippen LogP contribution in [0.5, 0.6) is 0 Å². The molecule has 16 heavy (non-hydrogen) atoms. The molecule has 0 heterocycles. The van der Waals surface area contributed by atoms with Gasteiger partial charge in [0.05, 0.1) is 4.92 Å². The van der Waals surface area contributed by atoms with E-state index in [4.69, 9.17) is 11.6 Å². The fourth-order valence-corrected chi connectivity index (χ4v) is 1.44. The molecular weight excluding hydrogens is 299 g/mol. The van der Waals surface area contributed by atoms with E-state index in [9.17, 15) is 14.9 Å². The van der Waals surface area contributed by atoms with Crippen LogP contribution >= 0.6 is 27.5 Å². The summed E-state index contributed by atoms with van der Waals surface area (Å²) in [5, 5.41) is 13.8. The van der Waals surface area contributed by atoms with Crippen LogP contribution in [-0.4, -0.2) is 22.7 Å². The van der Waals surface area contributed by atoms with E-state index in [2.05, 4.69) is 21.2 Å². The number of alkyl halides is 1. The van der Waals surface area contributed by atoms with E-state index >= 15 is 0 Å². The third-order valence-electron chi connectivity index (χ3n) is 1.79. The summed E-state index contributed by atoms with van der Waals surface area (Å²) in [5.74, 6) is -0.362. The molecule has 1 amide bonds. The molecule has 0 aliphatic carbocycles. The molecule has 7 heteroatoms. The van der Waals surface area contributed by atoms with E-state index in [1.165, 1.54) is 12.1 Å². The molecule has 0 aromatic heterocycles. The summed E-state index contributed by atoms with van der Waals surface area (Å²) in [7, 11) is 0. The first-order valence-electron chi connectivity index (χ1n) is 4.34. The molecule has 5 nitrogen and oxygen atoms in total. The lowest BCUT2D eigenvalue weighted by Crippen LogP contribution is -2.25. The Bertz CT molecular complexity index is 425. The van der Waals surface area contributed by atoms with Gasteiger partial charge in [-0.3, -0.25) is 14.9 Å². The molecule has 0 bridgehead atoms. The fourth-order valence-electron chi connectivity index (χ4n) is 1.06. The molecule has 0 unspecified atom stereocenters. The summed E-state index contributed by atoms with van der Waals surface area (Å²) >= 11 is 8.78. The third kappa shape index (κ3) is 3.18. The van der Waals surface area contributed by atoms with Crippen LogP contribution < -0.4 is 5.32 Å². The zero-order chi connectivity index (χ0) is 12.1. The first-order chi connectivity index (χ1) is 7.56. The predicted octanol–water partition coefficient (Wildman–Crippen LogP) is 2.37. The summed E-state index contributed by atoms with van der Waals surface area (Å²) < 4.78 is 0. The van der Waals surface area contributed by atoms with Crippen molar-refractivity contribution in [1.29, 1.82) is 0 Å². The lowest BCUT2D eigenvalue weighted by atomic mass is 10.2. The highest BCUT2D eigenvalue weighted by Crippen LogP contribution is 2.24. The van der Waals surface area contributed by atoms with Crippen molar-refractivity contribution in [2.75, 3.05) is 11.9 Å². The number of nitrogens with one attached hydrogen (secondary N) is 1. The van der Waals surface area contributed by atoms with Crippen molar-refractivity contribution in [2.45, 2.75) is 0 Å². The summed E-state index contributed by atoms with van der Waals surface area (Å²) in [6.45, 7) is 0.454. The van der Waals surface area contributed by atoms with Crippen LogP contribution in [0.1, 0.15) is 10.4 Å². The van der Waals surface area contributed by atoms with Gasteiger partial charge < -0.3 is 5.32 Å². The highest BCUT2D eigenvalue weighted by atomic mass is 79.9. The monoisotopic (exact) mass is 306 g/mol. The Morgan fingerprint density at radius 3 is 2.81 bits per heavy atom. The summed E-state index contributed by atoms with van der Waals surface area (Å²) in [6, 6.07) is 3.94. The number of nitrogens with zero attached hydrogens (tertiary/aromatic N) is 1. The molecule has 0 aliphatic rings. The second-order valence-electron chi connectivity index (χ2n) is 2.87. The van der Waals surface area contributed by atoms with Gasteiger partial charge in [-0.1, -0.05) is 27.5 Å². The maximum Gasteiger partial charge on any atom is 0.288 e. The average Bonchev–Trinajstić information content (AvgIpc) is 2.26. The van der Waals surface area contributed by atoms with Crippen molar-refractivity contribution in [2.24, 2.45) is 0 Å². The first kappa shape index (κ1) is 12.9. The third-order valence-corrected chi connectivity index (χ3v) is 2.50. The molecule has 0 saturated heterocycles. The normalized spacial score (nSPS) is 9.88. The van der Waals surface area contributed by atoms with Crippen LogP contribution in [0.2, 0.25) is 5.02 Å². The second-order valence-corrected chi connectivity index (χ2v) is 4.07. The Kier molecular flexibility index (Phi) is 4.70. The molecular formula is C9H8BrClN2O3. The maximum atomic E-state index is 11.5.